The molecule has 5 aromatic carbocycles. The van der Waals surface area contributed by atoms with Gasteiger partial charge >= 0.3 is 23.9 Å². The van der Waals surface area contributed by atoms with E-state index in [0.717, 1.165) is 31.1 Å². The minimum Gasteiger partial charge on any atom is -0.494 e. The van der Waals surface area contributed by atoms with E-state index in [1.165, 1.54) is 138 Å². The molecule has 0 amide bonds. The summed E-state index contributed by atoms with van der Waals surface area (Å²) in [6.07, 6.45) is 26.5. The summed E-state index contributed by atoms with van der Waals surface area (Å²) >= 11 is 1.47. The molecule has 370 valence electrons. The van der Waals surface area contributed by atoms with E-state index in [-0.39, 0.29) is 16.9 Å². The summed E-state index contributed by atoms with van der Waals surface area (Å²) in [5, 5.41) is 1.54. The van der Waals surface area contributed by atoms with Crippen LogP contribution in [-0.4, -0.2) is 30.5 Å². The van der Waals surface area contributed by atoms with Crippen molar-refractivity contribution in [3.8, 4) is 28.7 Å². The first-order valence-electron chi connectivity index (χ1n) is 25.7. The summed E-state index contributed by atoms with van der Waals surface area (Å²) in [5.74, 6) is -0.202. The van der Waals surface area contributed by atoms with Crippen LogP contribution in [0.25, 0.3) is 10.8 Å². The zero-order chi connectivity index (χ0) is 49.2. The van der Waals surface area contributed by atoms with Gasteiger partial charge in [0.25, 0.3) is 0 Å². The van der Waals surface area contributed by atoms with Gasteiger partial charge in [0.1, 0.15) is 33.6 Å². The van der Waals surface area contributed by atoms with Gasteiger partial charge in [-0.3, -0.25) is 0 Å². The molecule has 0 aliphatic rings. The van der Waals surface area contributed by atoms with E-state index in [1.54, 1.807) is 91.0 Å². The molecule has 70 heavy (non-hydrogen) atoms. The molecule has 6 rings (SSSR count). The van der Waals surface area contributed by atoms with Crippen LogP contribution >= 0.6 is 11.3 Å². The number of unbranched alkanes of at least 4 members (excludes halogenated alkanes) is 18. The Morgan fingerprint density at radius 3 is 1.19 bits per heavy atom. The first kappa shape index (κ1) is 53.1. The minimum absolute atomic E-state index is 0.266. The number of esters is 4. The second kappa shape index (κ2) is 29.7. The van der Waals surface area contributed by atoms with Gasteiger partial charge in [-0.15, -0.1) is 11.3 Å². The van der Waals surface area contributed by atoms with Gasteiger partial charge in [0.2, 0.25) is 0 Å². The van der Waals surface area contributed by atoms with Crippen molar-refractivity contribution in [2.45, 2.75) is 149 Å². The number of thiophene rings is 1. The second-order valence-electron chi connectivity index (χ2n) is 18.0. The quantitative estimate of drug-likeness (QED) is 0.0239. The first-order chi connectivity index (χ1) is 34.3. The molecule has 1 aromatic heterocycles. The number of ether oxygens (including phenoxy) is 5. The molecule has 0 saturated carbocycles. The highest BCUT2D eigenvalue weighted by Gasteiger charge is 2.16. The summed E-state index contributed by atoms with van der Waals surface area (Å²) in [4.78, 5) is 53.7. The summed E-state index contributed by atoms with van der Waals surface area (Å²) in [6, 6.07) is 33.5. The number of hydrogen-bond donors (Lipinski definition) is 0. The fourth-order valence-electron chi connectivity index (χ4n) is 8.18. The van der Waals surface area contributed by atoms with Crippen LogP contribution in [0.15, 0.2) is 121 Å². The Kier molecular flexibility index (Phi) is 22.5. The lowest BCUT2D eigenvalue weighted by molar-refractivity contribution is 0.0721. The average molecular weight is 967 g/mol. The molecular formula is C60H70O9S. The van der Waals surface area contributed by atoms with Gasteiger partial charge in [0.05, 0.1) is 23.3 Å². The SMILES string of the molecule is CCCCCCCCCCCCOc1ccc(C(=O)Oc2ccc(C(=O)Oc3ccc4ccc(OC(=O)c5ccc(OC(=O)c6ccc(CCCCCCCCCCCC)s6)cc5)cc4c3)cc2)cc1. The van der Waals surface area contributed by atoms with Crippen LogP contribution in [0.2, 0.25) is 0 Å². The maximum absolute atomic E-state index is 13.1. The fraction of sp³-hybridized carbons (Fsp3) is 0.400. The number of benzene rings is 5. The summed E-state index contributed by atoms with van der Waals surface area (Å²) in [7, 11) is 0. The molecular weight excluding hydrogens is 897 g/mol. The van der Waals surface area contributed by atoms with Gasteiger partial charge in [-0.05, 0) is 139 Å². The van der Waals surface area contributed by atoms with E-state index >= 15 is 0 Å². The number of hydrogen-bond acceptors (Lipinski definition) is 10. The maximum atomic E-state index is 13.1. The number of carbonyl (C=O) groups excluding carboxylic acids is 4. The monoisotopic (exact) mass is 966 g/mol. The molecule has 0 fully saturated rings. The topological polar surface area (TPSA) is 114 Å². The Balaban J connectivity index is 0.896. The minimum atomic E-state index is -0.595. The molecule has 0 saturated heterocycles. The second-order valence-corrected chi connectivity index (χ2v) is 19.2. The van der Waals surface area contributed by atoms with Crippen molar-refractivity contribution in [1.82, 2.24) is 0 Å². The van der Waals surface area contributed by atoms with Gasteiger partial charge in [0, 0.05) is 4.88 Å². The van der Waals surface area contributed by atoms with E-state index in [4.69, 9.17) is 23.7 Å². The predicted molar refractivity (Wildman–Crippen MR) is 280 cm³/mol. The van der Waals surface area contributed by atoms with Crippen LogP contribution in [0.3, 0.4) is 0 Å². The fourth-order valence-corrected chi connectivity index (χ4v) is 9.10. The van der Waals surface area contributed by atoms with Crippen LogP contribution in [0.1, 0.15) is 188 Å². The van der Waals surface area contributed by atoms with E-state index in [0.29, 0.717) is 45.4 Å². The average Bonchev–Trinajstić information content (AvgIpc) is 3.86. The third-order valence-electron chi connectivity index (χ3n) is 12.3. The summed E-state index contributed by atoms with van der Waals surface area (Å²) in [5.41, 5.74) is 0.935. The molecule has 0 spiro atoms. The predicted octanol–water partition coefficient (Wildman–Crippen LogP) is 16.5. The Morgan fingerprint density at radius 1 is 0.357 bits per heavy atom. The molecule has 0 bridgehead atoms. The van der Waals surface area contributed by atoms with Crippen LogP contribution in [0.4, 0.5) is 0 Å². The highest BCUT2D eigenvalue weighted by atomic mass is 32.1. The standard InChI is InChI=1S/C60H70O9S/c1-3-5-7-9-11-13-15-17-19-21-23-55-40-41-56(70-55)60(64)67-52-36-30-48(31-37-52)59(63)69-54-39-25-45-24-38-53(43-49(45)44-54)68-58(62)47-28-34-51(35-29-47)66-57(61)46-26-32-50(33-27-46)65-42-22-20-18-16-14-12-10-8-6-4-2/h24-41,43-44H,3-23,42H2,1-2H3. The van der Waals surface area contributed by atoms with Gasteiger partial charge in [0.15, 0.2) is 0 Å². The summed E-state index contributed by atoms with van der Waals surface area (Å²) in [6.45, 7) is 5.14. The Labute approximate surface area is 418 Å². The third-order valence-corrected chi connectivity index (χ3v) is 13.4. The molecule has 0 aliphatic heterocycles. The van der Waals surface area contributed by atoms with Gasteiger partial charge in [-0.2, -0.15) is 0 Å². The maximum Gasteiger partial charge on any atom is 0.353 e. The Bertz CT molecular complexity index is 2520. The highest BCUT2D eigenvalue weighted by molar-refractivity contribution is 7.13. The molecule has 0 aliphatic carbocycles. The largest absolute Gasteiger partial charge is 0.494 e. The number of aryl methyl sites for hydroxylation is 1. The van der Waals surface area contributed by atoms with Crippen LogP contribution in [-0.2, 0) is 6.42 Å². The smallest absolute Gasteiger partial charge is 0.353 e. The van der Waals surface area contributed by atoms with Crippen molar-refractivity contribution in [3.05, 3.63) is 148 Å². The Hall–Kier alpha value is -6.26. The number of rotatable bonds is 31. The van der Waals surface area contributed by atoms with Gasteiger partial charge < -0.3 is 23.7 Å². The number of carbonyl (C=O) groups is 4. The summed E-state index contributed by atoms with van der Waals surface area (Å²) < 4.78 is 28.4. The van der Waals surface area contributed by atoms with Gasteiger partial charge in [-0.1, -0.05) is 142 Å². The lowest BCUT2D eigenvalue weighted by Crippen LogP contribution is -2.10. The van der Waals surface area contributed by atoms with Crippen molar-refractivity contribution in [2.24, 2.45) is 0 Å². The van der Waals surface area contributed by atoms with Crippen molar-refractivity contribution in [2.75, 3.05) is 6.61 Å². The first-order valence-corrected chi connectivity index (χ1v) is 26.5. The Morgan fingerprint density at radius 2 is 0.729 bits per heavy atom. The molecule has 9 nitrogen and oxygen atoms in total. The molecule has 10 heteroatoms. The van der Waals surface area contributed by atoms with E-state index < -0.39 is 23.9 Å². The molecule has 0 unspecified atom stereocenters. The van der Waals surface area contributed by atoms with Gasteiger partial charge in [-0.25, -0.2) is 19.2 Å². The molecule has 0 radical (unpaired) electrons. The van der Waals surface area contributed by atoms with Crippen molar-refractivity contribution in [3.63, 3.8) is 0 Å². The molecule has 1 heterocycles. The van der Waals surface area contributed by atoms with Crippen LogP contribution < -0.4 is 23.7 Å². The zero-order valence-corrected chi connectivity index (χ0v) is 42.0. The van der Waals surface area contributed by atoms with E-state index in [9.17, 15) is 19.2 Å². The van der Waals surface area contributed by atoms with Crippen molar-refractivity contribution < 1.29 is 42.9 Å². The molecule has 6 aromatic rings. The van der Waals surface area contributed by atoms with Crippen molar-refractivity contribution in [1.29, 1.82) is 0 Å². The normalized spacial score (nSPS) is 11.1. The zero-order valence-electron chi connectivity index (χ0n) is 41.2. The van der Waals surface area contributed by atoms with E-state index in [1.807, 2.05) is 18.2 Å². The van der Waals surface area contributed by atoms with E-state index in [2.05, 4.69) is 13.8 Å². The molecule has 0 N–H and O–H groups in total. The highest BCUT2D eigenvalue weighted by Crippen LogP contribution is 2.28. The lowest BCUT2D eigenvalue weighted by atomic mass is 10.1. The van der Waals surface area contributed by atoms with Crippen molar-refractivity contribution >= 4 is 46.0 Å². The number of fused-ring (bicyclic) bond motifs is 1. The van der Waals surface area contributed by atoms with Crippen LogP contribution in [0, 0.1) is 0 Å². The molecule has 0 atom stereocenters. The van der Waals surface area contributed by atoms with Crippen LogP contribution in [0.5, 0.6) is 28.7 Å². The third kappa shape index (κ3) is 18.2. The lowest BCUT2D eigenvalue weighted by Gasteiger charge is -2.09.